The van der Waals surface area contributed by atoms with Crippen LogP contribution in [0.4, 0.5) is 11.4 Å². The number of furan rings is 1. The molecule has 0 bridgehead atoms. The van der Waals surface area contributed by atoms with E-state index >= 15 is 0 Å². The second kappa shape index (κ2) is 8.53. The van der Waals surface area contributed by atoms with Crippen molar-refractivity contribution in [2.45, 2.75) is 39.5 Å². The van der Waals surface area contributed by atoms with Crippen molar-refractivity contribution in [3.8, 4) is 0 Å². The fourth-order valence-corrected chi connectivity index (χ4v) is 4.30. The number of nitro groups is 1. The van der Waals surface area contributed by atoms with Crippen LogP contribution in [0.2, 0.25) is 0 Å². The van der Waals surface area contributed by atoms with Gasteiger partial charge in [-0.2, -0.15) is 9.41 Å². The number of nitro benzene ring substituents is 1. The SMILES string of the molecule is CCN(CC)S(=O)(=O)c1ccc(N/N=C(/C)c2cc(C)oc2C)c([N+](=O)[O-])c1. The number of nitrogens with zero attached hydrogens (tertiary/aromatic N) is 3. The van der Waals surface area contributed by atoms with Crippen LogP contribution in [-0.2, 0) is 10.0 Å². The first kappa shape index (κ1) is 21.6. The Morgan fingerprint density at radius 3 is 2.39 bits per heavy atom. The van der Waals surface area contributed by atoms with Crippen LogP contribution < -0.4 is 5.43 Å². The molecule has 0 aliphatic rings. The molecule has 0 atom stereocenters. The summed E-state index contributed by atoms with van der Waals surface area (Å²) < 4.78 is 31.9. The molecule has 0 saturated heterocycles. The quantitative estimate of drug-likeness (QED) is 0.404. The van der Waals surface area contributed by atoms with Gasteiger partial charge in [0.1, 0.15) is 17.2 Å². The third-order valence-corrected chi connectivity index (χ3v) is 6.33. The Morgan fingerprint density at radius 2 is 1.89 bits per heavy atom. The number of hydrogen-bond acceptors (Lipinski definition) is 7. The predicted octanol–water partition coefficient (Wildman–Crippen LogP) is 3.67. The van der Waals surface area contributed by atoms with Gasteiger partial charge < -0.3 is 4.42 Å². The number of hydrazone groups is 1. The van der Waals surface area contributed by atoms with Gasteiger partial charge in [-0.25, -0.2) is 8.42 Å². The first-order chi connectivity index (χ1) is 13.1. The minimum absolute atomic E-state index is 0.0979. The minimum atomic E-state index is -3.80. The molecule has 0 aliphatic carbocycles. The molecule has 28 heavy (non-hydrogen) atoms. The third-order valence-electron chi connectivity index (χ3n) is 4.28. The van der Waals surface area contributed by atoms with E-state index in [9.17, 15) is 18.5 Å². The highest BCUT2D eigenvalue weighted by Gasteiger charge is 2.25. The molecule has 152 valence electrons. The van der Waals surface area contributed by atoms with Crippen LogP contribution in [0.1, 0.15) is 37.9 Å². The van der Waals surface area contributed by atoms with Gasteiger partial charge in [0.2, 0.25) is 10.0 Å². The van der Waals surface area contributed by atoms with Crippen LogP contribution in [0.3, 0.4) is 0 Å². The zero-order valence-electron chi connectivity index (χ0n) is 16.5. The van der Waals surface area contributed by atoms with E-state index in [1.165, 1.54) is 16.4 Å². The maximum atomic E-state index is 12.6. The number of benzene rings is 1. The van der Waals surface area contributed by atoms with E-state index in [1.807, 2.05) is 13.0 Å². The standard InChI is InChI=1S/C18H24N4O5S/c1-6-21(7-2)28(25,26)15-8-9-17(18(11-15)22(23)24)20-19-13(4)16-10-12(3)27-14(16)5/h8-11,20H,6-7H2,1-5H3/b19-13-. The minimum Gasteiger partial charge on any atom is -0.466 e. The van der Waals surface area contributed by atoms with Gasteiger partial charge in [0, 0.05) is 24.7 Å². The molecular formula is C18H24N4O5S. The van der Waals surface area contributed by atoms with Crippen molar-refractivity contribution in [3.05, 3.63) is 51.5 Å². The lowest BCUT2D eigenvalue weighted by Crippen LogP contribution is -2.30. The van der Waals surface area contributed by atoms with Gasteiger partial charge in [-0.1, -0.05) is 13.8 Å². The number of nitrogens with one attached hydrogen (secondary N) is 1. The molecule has 0 unspecified atom stereocenters. The fraction of sp³-hybridized carbons (Fsp3) is 0.389. The lowest BCUT2D eigenvalue weighted by atomic mass is 10.2. The topological polar surface area (TPSA) is 118 Å². The number of anilines is 1. The molecule has 0 spiro atoms. The van der Waals surface area contributed by atoms with Gasteiger partial charge in [-0.15, -0.1) is 0 Å². The lowest BCUT2D eigenvalue weighted by Gasteiger charge is -2.18. The molecule has 1 heterocycles. The van der Waals surface area contributed by atoms with Gasteiger partial charge in [-0.3, -0.25) is 15.5 Å². The van der Waals surface area contributed by atoms with E-state index in [0.29, 0.717) is 11.5 Å². The molecule has 0 fully saturated rings. The number of aryl methyl sites for hydroxylation is 2. The molecule has 0 amide bonds. The Hall–Kier alpha value is -2.72. The molecule has 1 N–H and O–H groups in total. The lowest BCUT2D eigenvalue weighted by molar-refractivity contribution is -0.384. The molecule has 0 radical (unpaired) electrons. The maximum Gasteiger partial charge on any atom is 0.295 e. The zero-order chi connectivity index (χ0) is 21.1. The van der Waals surface area contributed by atoms with Crippen molar-refractivity contribution in [1.82, 2.24) is 4.31 Å². The van der Waals surface area contributed by atoms with Crippen molar-refractivity contribution >= 4 is 27.1 Å². The Morgan fingerprint density at radius 1 is 1.25 bits per heavy atom. The molecule has 0 aliphatic heterocycles. The summed E-state index contributed by atoms with van der Waals surface area (Å²) in [6.07, 6.45) is 0. The predicted molar refractivity (Wildman–Crippen MR) is 107 cm³/mol. The highest BCUT2D eigenvalue weighted by molar-refractivity contribution is 7.89. The van der Waals surface area contributed by atoms with E-state index in [2.05, 4.69) is 10.5 Å². The van der Waals surface area contributed by atoms with Crippen molar-refractivity contribution < 1.29 is 17.8 Å². The summed E-state index contributed by atoms with van der Waals surface area (Å²) in [5.41, 5.74) is 3.76. The van der Waals surface area contributed by atoms with Gasteiger partial charge in [-0.05, 0) is 39.0 Å². The Balaban J connectivity index is 2.40. The van der Waals surface area contributed by atoms with Gasteiger partial charge in [0.25, 0.3) is 5.69 Å². The van der Waals surface area contributed by atoms with Gasteiger partial charge in [0.15, 0.2) is 0 Å². The van der Waals surface area contributed by atoms with Crippen molar-refractivity contribution in [1.29, 1.82) is 0 Å². The van der Waals surface area contributed by atoms with Crippen LogP contribution in [-0.4, -0.2) is 36.4 Å². The number of sulfonamides is 1. The fourth-order valence-electron chi connectivity index (χ4n) is 2.82. The van der Waals surface area contributed by atoms with E-state index in [-0.39, 0.29) is 29.4 Å². The summed E-state index contributed by atoms with van der Waals surface area (Å²) in [6.45, 7) is 9.34. The summed E-state index contributed by atoms with van der Waals surface area (Å²) in [7, 11) is -3.80. The van der Waals surface area contributed by atoms with Crippen LogP contribution in [0, 0.1) is 24.0 Å². The Kier molecular flexibility index (Phi) is 6.57. The third kappa shape index (κ3) is 4.39. The highest BCUT2D eigenvalue weighted by Crippen LogP contribution is 2.29. The Labute approximate surface area is 164 Å². The van der Waals surface area contributed by atoms with Crippen molar-refractivity contribution in [2.24, 2.45) is 5.10 Å². The summed E-state index contributed by atoms with van der Waals surface area (Å²) in [5, 5.41) is 15.7. The smallest absolute Gasteiger partial charge is 0.295 e. The average molecular weight is 408 g/mol. The summed E-state index contributed by atoms with van der Waals surface area (Å²) in [4.78, 5) is 10.7. The van der Waals surface area contributed by atoms with Crippen LogP contribution in [0.25, 0.3) is 0 Å². The van der Waals surface area contributed by atoms with Crippen molar-refractivity contribution in [2.75, 3.05) is 18.5 Å². The molecule has 2 rings (SSSR count). The summed E-state index contributed by atoms with van der Waals surface area (Å²) in [6, 6.07) is 5.55. The van der Waals surface area contributed by atoms with Crippen LogP contribution in [0.5, 0.6) is 0 Å². The van der Waals surface area contributed by atoms with Crippen LogP contribution >= 0.6 is 0 Å². The summed E-state index contributed by atoms with van der Waals surface area (Å²) in [5.74, 6) is 1.43. The molecular weight excluding hydrogens is 384 g/mol. The van der Waals surface area contributed by atoms with E-state index in [0.717, 1.165) is 17.4 Å². The maximum absolute atomic E-state index is 12.6. The van der Waals surface area contributed by atoms with E-state index in [1.54, 1.807) is 27.7 Å². The largest absolute Gasteiger partial charge is 0.466 e. The molecule has 0 saturated carbocycles. The number of hydrogen-bond donors (Lipinski definition) is 1. The monoisotopic (exact) mass is 408 g/mol. The second-order valence-corrected chi connectivity index (χ2v) is 8.10. The van der Waals surface area contributed by atoms with Gasteiger partial charge >= 0.3 is 0 Å². The highest BCUT2D eigenvalue weighted by atomic mass is 32.2. The normalized spacial score (nSPS) is 12.4. The van der Waals surface area contributed by atoms with E-state index < -0.39 is 14.9 Å². The first-order valence-corrected chi connectivity index (χ1v) is 10.2. The zero-order valence-corrected chi connectivity index (χ0v) is 17.3. The second-order valence-electron chi connectivity index (χ2n) is 6.16. The molecule has 9 nitrogen and oxygen atoms in total. The van der Waals surface area contributed by atoms with E-state index in [4.69, 9.17) is 4.42 Å². The molecule has 1 aromatic heterocycles. The van der Waals surface area contributed by atoms with Crippen molar-refractivity contribution in [3.63, 3.8) is 0 Å². The summed E-state index contributed by atoms with van der Waals surface area (Å²) >= 11 is 0. The molecule has 1 aromatic carbocycles. The first-order valence-electron chi connectivity index (χ1n) is 8.78. The van der Waals surface area contributed by atoms with Gasteiger partial charge in [0.05, 0.1) is 15.5 Å². The average Bonchev–Trinajstić information content (AvgIpc) is 2.98. The van der Waals surface area contributed by atoms with Crippen LogP contribution in [0.15, 0.2) is 38.7 Å². The molecule has 2 aromatic rings. The Bertz CT molecular complexity index is 1010. The number of rotatable bonds is 8. The molecule has 10 heteroatoms.